The monoisotopic (exact) mass is 128 g/mol. The summed E-state index contributed by atoms with van der Waals surface area (Å²) in [5, 5.41) is 12.0. The summed E-state index contributed by atoms with van der Waals surface area (Å²) in [4.78, 5) is 0. The summed E-state index contributed by atoms with van der Waals surface area (Å²) in [6.45, 7) is 0. The van der Waals surface area contributed by atoms with Crippen LogP contribution in [0.2, 0.25) is 0 Å². The Bertz CT molecular complexity index is 33.4. The molecule has 5 nitrogen and oxygen atoms in total. The molecule has 0 heterocycles. The van der Waals surface area contributed by atoms with Gasteiger partial charge in [-0.15, -0.1) is 11.4 Å². The maximum absolute atomic E-state index is 8.44. The summed E-state index contributed by atoms with van der Waals surface area (Å²) < 4.78 is 25.3. The molecule has 8 heteroatoms. The zero-order valence-electron chi connectivity index (χ0n) is 4.53. The number of hydrogen-bond donors (Lipinski definition) is 2. The third-order valence-electron chi connectivity index (χ3n) is 0. The molecule has 0 atom stereocenters. The van der Waals surface area contributed by atoms with E-state index >= 15 is 0 Å². The molecule has 0 aliphatic rings. The molecule has 0 spiro atoms. The van der Waals surface area contributed by atoms with Crippen LogP contribution in [-0.4, -0.2) is 23.8 Å². The molecule has 40 valence electrons. The Balaban J connectivity index is -0.0000000183. The van der Waals surface area contributed by atoms with Gasteiger partial charge < -0.3 is 9.11 Å². The summed E-state index contributed by atoms with van der Waals surface area (Å²) in [5.41, 5.74) is 0. The first kappa shape index (κ1) is 22.9. The second kappa shape index (κ2) is 24.1. The minimum Gasteiger partial charge on any atom is -0.784 e. The number of rotatable bonds is 0. The molecule has 0 aromatic carbocycles. The first-order valence-electron chi connectivity index (χ1n) is 0.700. The molecule has 0 fully saturated rings. The van der Waals surface area contributed by atoms with Crippen molar-refractivity contribution >= 4 is 11.4 Å². The SMILES string of the molecule is O=S([O-])[O-].OO.[Li+].[Li+]. The van der Waals surface area contributed by atoms with Crippen LogP contribution in [-0.2, 0) is 11.4 Å². The van der Waals surface area contributed by atoms with Crippen LogP contribution in [0.15, 0.2) is 0 Å². The molecule has 0 saturated carbocycles. The summed E-state index contributed by atoms with van der Waals surface area (Å²) in [5.74, 6) is 0. The molecular formula is H2Li2O5S. The Morgan fingerprint density at radius 3 is 1.12 bits per heavy atom. The van der Waals surface area contributed by atoms with Crippen molar-refractivity contribution in [3.8, 4) is 0 Å². The molecule has 0 aromatic rings. The van der Waals surface area contributed by atoms with Gasteiger partial charge in [-0.25, -0.2) is 0 Å². The zero-order valence-corrected chi connectivity index (χ0v) is 5.34. The fourth-order valence-electron chi connectivity index (χ4n) is 0. The van der Waals surface area contributed by atoms with E-state index in [0.717, 1.165) is 0 Å². The van der Waals surface area contributed by atoms with Crippen molar-refractivity contribution in [3.05, 3.63) is 0 Å². The standard InChI is InChI=1S/2Li.H2O3S.H2O2/c;;1-4(2)3;1-2/h;;(H2,1,2,3);1-2H/q2*+1;;/p-2. The molecule has 8 heavy (non-hydrogen) atoms. The van der Waals surface area contributed by atoms with E-state index in [4.69, 9.17) is 23.8 Å². The van der Waals surface area contributed by atoms with Gasteiger partial charge in [-0.1, -0.05) is 0 Å². The summed E-state index contributed by atoms with van der Waals surface area (Å²) >= 11 is -3.11. The Morgan fingerprint density at radius 1 is 1.12 bits per heavy atom. The van der Waals surface area contributed by atoms with Gasteiger partial charge in [0.1, 0.15) is 0 Å². The van der Waals surface area contributed by atoms with Gasteiger partial charge in [0.15, 0.2) is 0 Å². The predicted octanol–water partition coefficient (Wildman–Crippen LogP) is -6.98. The van der Waals surface area contributed by atoms with Gasteiger partial charge in [0.05, 0.1) is 0 Å². The van der Waals surface area contributed by atoms with Crippen molar-refractivity contribution in [1.29, 1.82) is 0 Å². The average Bonchev–Trinajstić information content (AvgIpc) is 1.41. The van der Waals surface area contributed by atoms with Gasteiger partial charge in [-0.3, -0.25) is 14.7 Å². The quantitative estimate of drug-likeness (QED) is 0.146. The molecule has 0 amide bonds. The number of hydrogen-bond acceptors (Lipinski definition) is 5. The van der Waals surface area contributed by atoms with Gasteiger partial charge >= 0.3 is 37.7 Å². The van der Waals surface area contributed by atoms with Crippen LogP contribution in [0, 0.1) is 0 Å². The van der Waals surface area contributed by atoms with Crippen molar-refractivity contribution < 1.29 is 61.6 Å². The van der Waals surface area contributed by atoms with E-state index in [1.807, 2.05) is 0 Å². The molecule has 2 N–H and O–H groups in total. The maximum Gasteiger partial charge on any atom is 1.00 e. The van der Waals surface area contributed by atoms with Crippen molar-refractivity contribution in [2.45, 2.75) is 0 Å². The fourth-order valence-corrected chi connectivity index (χ4v) is 0. The van der Waals surface area contributed by atoms with Crippen molar-refractivity contribution in [2.24, 2.45) is 0 Å². The van der Waals surface area contributed by atoms with Gasteiger partial charge in [-0.05, 0) is 0 Å². The summed E-state index contributed by atoms with van der Waals surface area (Å²) in [7, 11) is 0. The first-order chi connectivity index (χ1) is 2.73. The molecule has 0 aromatic heterocycles. The van der Waals surface area contributed by atoms with Crippen LogP contribution in [0.4, 0.5) is 0 Å². The molecule has 0 aliphatic heterocycles. The van der Waals surface area contributed by atoms with Crippen molar-refractivity contribution in [3.63, 3.8) is 0 Å². The predicted molar refractivity (Wildman–Crippen MR) is 15.0 cm³/mol. The zero-order chi connectivity index (χ0) is 5.58. The largest absolute Gasteiger partial charge is 1.00 e. The van der Waals surface area contributed by atoms with E-state index in [2.05, 4.69) is 0 Å². The van der Waals surface area contributed by atoms with Gasteiger partial charge in [0.25, 0.3) is 0 Å². The second-order valence-corrected chi connectivity index (χ2v) is 0.612. The smallest absolute Gasteiger partial charge is 0.784 e. The first-order valence-corrected chi connectivity index (χ1v) is 1.70. The van der Waals surface area contributed by atoms with Crippen LogP contribution in [0.5, 0.6) is 0 Å². The minimum absolute atomic E-state index is 0. The Kier molecular flexibility index (Phi) is 69.0. The summed E-state index contributed by atoms with van der Waals surface area (Å²) in [6.07, 6.45) is 0. The van der Waals surface area contributed by atoms with Crippen LogP contribution in [0.1, 0.15) is 0 Å². The second-order valence-electron chi connectivity index (χ2n) is 0.204. The molecule has 0 unspecified atom stereocenters. The van der Waals surface area contributed by atoms with Crippen molar-refractivity contribution in [2.75, 3.05) is 0 Å². The topological polar surface area (TPSA) is 104 Å². The van der Waals surface area contributed by atoms with Gasteiger partial charge in [0, 0.05) is 0 Å². The maximum atomic E-state index is 8.44. The van der Waals surface area contributed by atoms with E-state index in [-0.39, 0.29) is 37.7 Å². The van der Waals surface area contributed by atoms with Crippen LogP contribution >= 0.6 is 0 Å². The van der Waals surface area contributed by atoms with E-state index in [0.29, 0.717) is 0 Å². The molecule has 0 bridgehead atoms. The molecular weight excluding hydrogens is 126 g/mol. The third kappa shape index (κ3) is 196. The molecule has 0 radical (unpaired) electrons. The molecule has 0 aliphatic carbocycles. The normalized spacial score (nSPS) is 5.12. The van der Waals surface area contributed by atoms with E-state index < -0.39 is 11.4 Å². The van der Waals surface area contributed by atoms with Crippen LogP contribution in [0.3, 0.4) is 0 Å². The summed E-state index contributed by atoms with van der Waals surface area (Å²) in [6, 6.07) is 0. The Morgan fingerprint density at radius 2 is 1.12 bits per heavy atom. The molecule has 0 saturated heterocycles. The van der Waals surface area contributed by atoms with Gasteiger partial charge in [-0.2, -0.15) is 0 Å². The Labute approximate surface area is 72.9 Å². The van der Waals surface area contributed by atoms with E-state index in [1.54, 1.807) is 0 Å². The average molecular weight is 128 g/mol. The van der Waals surface area contributed by atoms with Gasteiger partial charge in [0.2, 0.25) is 0 Å². The fraction of sp³-hybridized carbons (Fsp3) is 0. The third-order valence-corrected chi connectivity index (χ3v) is 0. The molecule has 0 rings (SSSR count). The van der Waals surface area contributed by atoms with E-state index in [1.165, 1.54) is 0 Å². The van der Waals surface area contributed by atoms with Crippen LogP contribution < -0.4 is 37.7 Å². The Hall–Kier alpha value is 1.18. The van der Waals surface area contributed by atoms with E-state index in [9.17, 15) is 0 Å². The van der Waals surface area contributed by atoms with Crippen molar-refractivity contribution in [1.82, 2.24) is 0 Å². The minimum atomic E-state index is -3.11. The van der Waals surface area contributed by atoms with Crippen LogP contribution in [0.25, 0.3) is 0 Å².